The molecule has 0 aromatic rings. The second-order valence-corrected chi connectivity index (χ2v) is 9.14. The smallest absolute Gasteiger partial charge is 0.353 e. The van der Waals surface area contributed by atoms with Gasteiger partial charge in [-0.15, -0.1) is 0 Å². The summed E-state index contributed by atoms with van der Waals surface area (Å²) in [6.45, 7) is 1.58. The molecule has 0 aliphatic carbocycles. The highest BCUT2D eigenvalue weighted by Crippen LogP contribution is 2.48. The predicted octanol–water partition coefficient (Wildman–Crippen LogP) is 9.21. The molecule has 0 N–H and O–H groups in total. The molecule has 1 saturated heterocycles. The number of alkyl halides is 7. The van der Waals surface area contributed by atoms with Gasteiger partial charge in [0, 0.05) is 19.6 Å². The van der Waals surface area contributed by atoms with Crippen LogP contribution in [0.15, 0.2) is 0 Å². The van der Waals surface area contributed by atoms with Crippen molar-refractivity contribution in [2.75, 3.05) is 13.2 Å². The van der Waals surface area contributed by atoms with Gasteiger partial charge in [-0.05, 0) is 32.1 Å². The molecule has 1 aliphatic heterocycles. The van der Waals surface area contributed by atoms with Crippen LogP contribution in [-0.2, 0) is 9.47 Å². The Balaban J connectivity index is 1.82. The number of halogens is 7. The first-order chi connectivity index (χ1) is 15.6. The maximum Gasteiger partial charge on any atom is 0.459 e. The molecule has 0 radical (unpaired) electrons. The molecule has 0 aromatic carbocycles. The number of unbranched alkanes of at least 4 members (excludes halogenated alkanes) is 13. The first-order valence-corrected chi connectivity index (χ1v) is 12.6. The van der Waals surface area contributed by atoms with Crippen LogP contribution in [0, 0.1) is 0 Å². The van der Waals surface area contributed by atoms with Crippen LogP contribution in [0.5, 0.6) is 0 Å². The Morgan fingerprint density at radius 2 is 1.06 bits per heavy atom. The van der Waals surface area contributed by atoms with Crippen LogP contribution in [0.1, 0.15) is 116 Å². The van der Waals surface area contributed by atoms with Crippen LogP contribution < -0.4 is 0 Å². The van der Waals surface area contributed by atoms with Gasteiger partial charge < -0.3 is 9.47 Å². The van der Waals surface area contributed by atoms with Gasteiger partial charge in [0.25, 0.3) is 0 Å². The summed E-state index contributed by atoms with van der Waals surface area (Å²) in [5, 5.41) is 0. The standard InChI is InChI=1S/C24H41F7O2/c25-22(26,23(27,28)24(29,30)31)18-14-11-9-7-5-3-1-2-4-6-8-10-12-15-19-32-21-17-13-16-20-33-21/h21H,1-20H2. The summed E-state index contributed by atoms with van der Waals surface area (Å²) in [4.78, 5) is 0. The lowest BCUT2D eigenvalue weighted by Gasteiger charge is -2.28. The van der Waals surface area contributed by atoms with E-state index in [0.717, 1.165) is 64.6 Å². The molecular weight excluding hydrogens is 453 g/mol. The van der Waals surface area contributed by atoms with Crippen molar-refractivity contribution in [1.29, 1.82) is 0 Å². The van der Waals surface area contributed by atoms with E-state index in [4.69, 9.17) is 9.47 Å². The van der Waals surface area contributed by atoms with Crippen molar-refractivity contribution < 1.29 is 40.2 Å². The van der Waals surface area contributed by atoms with Crippen LogP contribution in [-0.4, -0.2) is 37.5 Å². The van der Waals surface area contributed by atoms with Gasteiger partial charge in [0.2, 0.25) is 0 Å². The second-order valence-electron chi connectivity index (χ2n) is 9.14. The van der Waals surface area contributed by atoms with Crippen LogP contribution in [0.25, 0.3) is 0 Å². The number of hydrogen-bond donors (Lipinski definition) is 0. The summed E-state index contributed by atoms with van der Waals surface area (Å²) >= 11 is 0. The van der Waals surface area contributed by atoms with E-state index in [1.807, 2.05) is 0 Å². The zero-order chi connectivity index (χ0) is 24.6. The molecule has 1 rings (SSSR count). The van der Waals surface area contributed by atoms with Crippen LogP contribution in [0.4, 0.5) is 30.7 Å². The fourth-order valence-electron chi connectivity index (χ4n) is 3.99. The van der Waals surface area contributed by atoms with E-state index in [2.05, 4.69) is 0 Å². The topological polar surface area (TPSA) is 18.5 Å². The molecular formula is C24H41F7O2. The lowest BCUT2D eigenvalue weighted by molar-refractivity contribution is -0.355. The average Bonchev–Trinajstić information content (AvgIpc) is 2.75. The molecule has 1 heterocycles. The Morgan fingerprint density at radius 1 is 0.606 bits per heavy atom. The Labute approximate surface area is 194 Å². The number of rotatable bonds is 19. The second kappa shape index (κ2) is 16.2. The molecule has 1 atom stereocenters. The largest absolute Gasteiger partial charge is 0.459 e. The van der Waals surface area contributed by atoms with Gasteiger partial charge in [0.05, 0.1) is 0 Å². The van der Waals surface area contributed by atoms with Crippen molar-refractivity contribution in [3.63, 3.8) is 0 Å². The molecule has 0 amide bonds. The minimum absolute atomic E-state index is 0.000198. The third-order valence-electron chi connectivity index (χ3n) is 6.14. The van der Waals surface area contributed by atoms with E-state index in [0.29, 0.717) is 6.42 Å². The lowest BCUT2D eigenvalue weighted by Crippen LogP contribution is -2.51. The third kappa shape index (κ3) is 12.6. The summed E-state index contributed by atoms with van der Waals surface area (Å²) in [6, 6.07) is 0. The average molecular weight is 495 g/mol. The Bertz CT molecular complexity index is 478. The van der Waals surface area contributed by atoms with Gasteiger partial charge in [-0.2, -0.15) is 30.7 Å². The normalized spacial score (nSPS) is 18.1. The van der Waals surface area contributed by atoms with Gasteiger partial charge >= 0.3 is 18.0 Å². The van der Waals surface area contributed by atoms with E-state index in [9.17, 15) is 30.7 Å². The van der Waals surface area contributed by atoms with Crippen molar-refractivity contribution in [1.82, 2.24) is 0 Å². The van der Waals surface area contributed by atoms with Crippen LogP contribution in [0.3, 0.4) is 0 Å². The summed E-state index contributed by atoms with van der Waals surface area (Å²) in [6.07, 6.45) is 8.21. The predicted molar refractivity (Wildman–Crippen MR) is 115 cm³/mol. The molecule has 0 spiro atoms. The number of hydrogen-bond acceptors (Lipinski definition) is 2. The van der Waals surface area contributed by atoms with Crippen molar-refractivity contribution >= 4 is 0 Å². The quantitative estimate of drug-likeness (QED) is 0.132. The minimum atomic E-state index is -6.23. The maximum atomic E-state index is 13.2. The molecule has 0 bridgehead atoms. The Hall–Kier alpha value is -0.570. The Morgan fingerprint density at radius 3 is 1.48 bits per heavy atom. The summed E-state index contributed by atoms with van der Waals surface area (Å²) in [7, 11) is 0. The first kappa shape index (κ1) is 30.5. The van der Waals surface area contributed by atoms with Gasteiger partial charge in [-0.3, -0.25) is 0 Å². The zero-order valence-electron chi connectivity index (χ0n) is 19.7. The van der Waals surface area contributed by atoms with Gasteiger partial charge in [-0.1, -0.05) is 77.0 Å². The monoisotopic (exact) mass is 494 g/mol. The molecule has 1 aliphatic rings. The first-order valence-electron chi connectivity index (χ1n) is 12.6. The SMILES string of the molecule is FC(F)(F)C(F)(F)C(F)(F)CCCCCCCCCCCCCCCCOC1CCCCO1. The number of ether oxygens (including phenoxy) is 2. The summed E-state index contributed by atoms with van der Waals surface area (Å²) < 4.78 is 99.3. The molecule has 33 heavy (non-hydrogen) atoms. The zero-order valence-corrected chi connectivity index (χ0v) is 19.7. The van der Waals surface area contributed by atoms with E-state index in [-0.39, 0.29) is 19.1 Å². The van der Waals surface area contributed by atoms with Crippen molar-refractivity contribution in [2.45, 2.75) is 140 Å². The third-order valence-corrected chi connectivity index (χ3v) is 6.14. The van der Waals surface area contributed by atoms with E-state index in [1.165, 1.54) is 38.5 Å². The van der Waals surface area contributed by atoms with Gasteiger partial charge in [0.15, 0.2) is 6.29 Å². The van der Waals surface area contributed by atoms with Crippen molar-refractivity contribution in [2.24, 2.45) is 0 Å². The van der Waals surface area contributed by atoms with Crippen LogP contribution >= 0.6 is 0 Å². The highest BCUT2D eigenvalue weighted by molar-refractivity contribution is 4.90. The summed E-state index contributed by atoms with van der Waals surface area (Å²) in [5.74, 6) is -11.0. The molecule has 9 heteroatoms. The highest BCUT2D eigenvalue weighted by atomic mass is 19.4. The molecule has 1 fully saturated rings. The van der Waals surface area contributed by atoms with Crippen LogP contribution in [0.2, 0.25) is 0 Å². The highest BCUT2D eigenvalue weighted by Gasteiger charge is 2.72. The van der Waals surface area contributed by atoms with Crippen molar-refractivity contribution in [3.8, 4) is 0 Å². The van der Waals surface area contributed by atoms with E-state index >= 15 is 0 Å². The van der Waals surface area contributed by atoms with E-state index < -0.39 is 24.4 Å². The summed E-state index contributed by atoms with van der Waals surface area (Å²) in [5.41, 5.74) is 0. The molecule has 198 valence electrons. The molecule has 2 nitrogen and oxygen atoms in total. The fourth-order valence-corrected chi connectivity index (χ4v) is 3.99. The maximum absolute atomic E-state index is 13.2. The van der Waals surface area contributed by atoms with Gasteiger partial charge in [0.1, 0.15) is 0 Å². The van der Waals surface area contributed by atoms with Crippen molar-refractivity contribution in [3.05, 3.63) is 0 Å². The minimum Gasteiger partial charge on any atom is -0.353 e. The lowest BCUT2D eigenvalue weighted by atomic mass is 10.0. The molecule has 0 saturated carbocycles. The van der Waals surface area contributed by atoms with Gasteiger partial charge in [-0.25, -0.2) is 0 Å². The molecule has 1 unspecified atom stereocenters. The fraction of sp³-hybridized carbons (Fsp3) is 1.00. The van der Waals surface area contributed by atoms with E-state index in [1.54, 1.807) is 0 Å². The Kier molecular flexibility index (Phi) is 14.9. The molecule has 0 aromatic heterocycles.